The minimum atomic E-state index is 0.0863. The Morgan fingerprint density at radius 2 is 2.16 bits per heavy atom. The molecule has 4 heteroatoms. The molecule has 0 aliphatic carbocycles. The number of fused-ring (bicyclic) bond motifs is 1. The summed E-state index contributed by atoms with van der Waals surface area (Å²) in [6.07, 6.45) is 3.20. The van der Waals surface area contributed by atoms with E-state index in [2.05, 4.69) is 28.8 Å². The predicted octanol–water partition coefficient (Wildman–Crippen LogP) is 1.51. The fraction of sp³-hybridized carbons (Fsp3) is 0.533. The van der Waals surface area contributed by atoms with E-state index in [9.17, 15) is 4.79 Å². The fourth-order valence-electron chi connectivity index (χ4n) is 2.91. The van der Waals surface area contributed by atoms with Crippen molar-refractivity contribution in [1.82, 2.24) is 15.5 Å². The van der Waals surface area contributed by atoms with Gasteiger partial charge in [0, 0.05) is 25.7 Å². The highest BCUT2D eigenvalue weighted by atomic mass is 16.2. The standard InChI is InChI=1S/C15H21N3O/c19-15(17-14-6-3-8-16-10-14)18-9-7-12-4-1-2-5-13(12)11-18/h1-2,4-5,14,16H,3,6-11H2,(H,17,19). The summed E-state index contributed by atoms with van der Waals surface area (Å²) in [6, 6.07) is 8.78. The summed E-state index contributed by atoms with van der Waals surface area (Å²) in [5, 5.41) is 6.47. The molecule has 19 heavy (non-hydrogen) atoms. The van der Waals surface area contributed by atoms with E-state index in [4.69, 9.17) is 0 Å². The fourth-order valence-corrected chi connectivity index (χ4v) is 2.91. The largest absolute Gasteiger partial charge is 0.334 e. The highest BCUT2D eigenvalue weighted by Gasteiger charge is 2.23. The predicted molar refractivity (Wildman–Crippen MR) is 75.0 cm³/mol. The van der Waals surface area contributed by atoms with Gasteiger partial charge in [0.1, 0.15) is 0 Å². The number of nitrogens with one attached hydrogen (secondary N) is 2. The molecule has 102 valence electrons. The van der Waals surface area contributed by atoms with E-state index in [0.29, 0.717) is 6.04 Å². The van der Waals surface area contributed by atoms with Crippen LogP contribution in [0.15, 0.2) is 24.3 Å². The normalized spacial score (nSPS) is 22.7. The maximum atomic E-state index is 12.3. The van der Waals surface area contributed by atoms with Crippen LogP contribution in [0.2, 0.25) is 0 Å². The van der Waals surface area contributed by atoms with Crippen molar-refractivity contribution in [2.45, 2.75) is 31.8 Å². The molecule has 2 aliphatic rings. The summed E-state index contributed by atoms with van der Waals surface area (Å²) in [7, 11) is 0. The molecule has 2 N–H and O–H groups in total. The first kappa shape index (κ1) is 12.5. The highest BCUT2D eigenvalue weighted by molar-refractivity contribution is 5.75. The molecule has 4 nitrogen and oxygen atoms in total. The molecule has 1 fully saturated rings. The minimum Gasteiger partial charge on any atom is -0.334 e. The third-order valence-corrected chi connectivity index (χ3v) is 4.04. The number of carbonyl (C=O) groups is 1. The molecular weight excluding hydrogens is 238 g/mol. The van der Waals surface area contributed by atoms with Crippen LogP contribution >= 0.6 is 0 Å². The first-order valence-corrected chi connectivity index (χ1v) is 7.16. The molecule has 0 aromatic heterocycles. The van der Waals surface area contributed by atoms with Gasteiger partial charge in [0.05, 0.1) is 0 Å². The zero-order valence-corrected chi connectivity index (χ0v) is 11.2. The van der Waals surface area contributed by atoms with Gasteiger partial charge in [-0.05, 0) is 36.9 Å². The van der Waals surface area contributed by atoms with Crippen molar-refractivity contribution in [3.05, 3.63) is 35.4 Å². The molecule has 1 atom stereocenters. The Morgan fingerprint density at radius 3 is 2.95 bits per heavy atom. The van der Waals surface area contributed by atoms with Crippen molar-refractivity contribution in [2.24, 2.45) is 0 Å². The number of hydrogen-bond donors (Lipinski definition) is 2. The van der Waals surface area contributed by atoms with Gasteiger partial charge in [0.15, 0.2) is 0 Å². The van der Waals surface area contributed by atoms with Crippen LogP contribution in [0.1, 0.15) is 24.0 Å². The van der Waals surface area contributed by atoms with Crippen molar-refractivity contribution in [3.8, 4) is 0 Å². The van der Waals surface area contributed by atoms with Crippen LogP contribution in [0.3, 0.4) is 0 Å². The second-order valence-corrected chi connectivity index (χ2v) is 5.43. The molecule has 3 rings (SSSR count). The lowest BCUT2D eigenvalue weighted by Gasteiger charge is -2.32. The zero-order valence-electron chi connectivity index (χ0n) is 11.2. The van der Waals surface area contributed by atoms with Crippen LogP contribution in [0.5, 0.6) is 0 Å². The first-order chi connectivity index (χ1) is 9.33. The third-order valence-electron chi connectivity index (χ3n) is 4.04. The topological polar surface area (TPSA) is 44.4 Å². The molecule has 0 saturated carbocycles. The smallest absolute Gasteiger partial charge is 0.317 e. The maximum absolute atomic E-state index is 12.3. The van der Waals surface area contributed by atoms with Gasteiger partial charge in [-0.2, -0.15) is 0 Å². The lowest BCUT2D eigenvalue weighted by molar-refractivity contribution is 0.185. The Balaban J connectivity index is 1.59. The number of amides is 2. The maximum Gasteiger partial charge on any atom is 0.317 e. The van der Waals surface area contributed by atoms with Crippen molar-refractivity contribution >= 4 is 6.03 Å². The second-order valence-electron chi connectivity index (χ2n) is 5.43. The zero-order chi connectivity index (χ0) is 13.1. The van der Waals surface area contributed by atoms with Crippen molar-refractivity contribution < 1.29 is 4.79 Å². The molecule has 1 saturated heterocycles. The van der Waals surface area contributed by atoms with Gasteiger partial charge in [-0.15, -0.1) is 0 Å². The van der Waals surface area contributed by atoms with Gasteiger partial charge >= 0.3 is 6.03 Å². The van der Waals surface area contributed by atoms with E-state index < -0.39 is 0 Å². The molecule has 0 radical (unpaired) electrons. The van der Waals surface area contributed by atoms with Gasteiger partial charge in [-0.3, -0.25) is 0 Å². The van der Waals surface area contributed by atoms with Crippen LogP contribution in [0.25, 0.3) is 0 Å². The number of rotatable bonds is 1. The van der Waals surface area contributed by atoms with Crippen LogP contribution in [0.4, 0.5) is 4.79 Å². The summed E-state index contributed by atoms with van der Waals surface area (Å²) >= 11 is 0. The number of nitrogens with zero attached hydrogens (tertiary/aromatic N) is 1. The van der Waals surface area contributed by atoms with Gasteiger partial charge in [-0.25, -0.2) is 4.79 Å². The van der Waals surface area contributed by atoms with E-state index in [1.807, 2.05) is 11.0 Å². The van der Waals surface area contributed by atoms with Gasteiger partial charge in [0.2, 0.25) is 0 Å². The molecule has 1 aromatic rings. The number of urea groups is 1. The SMILES string of the molecule is O=C(NC1CCCNC1)N1CCc2ccccc2C1. The van der Waals surface area contributed by atoms with E-state index in [-0.39, 0.29) is 6.03 Å². The van der Waals surface area contributed by atoms with Crippen molar-refractivity contribution in [1.29, 1.82) is 0 Å². The quantitative estimate of drug-likeness (QED) is 0.803. The van der Waals surface area contributed by atoms with Gasteiger partial charge in [-0.1, -0.05) is 24.3 Å². The molecule has 0 spiro atoms. The summed E-state index contributed by atoms with van der Waals surface area (Å²) < 4.78 is 0. The second kappa shape index (κ2) is 5.61. The van der Waals surface area contributed by atoms with Crippen LogP contribution in [-0.4, -0.2) is 36.6 Å². The monoisotopic (exact) mass is 259 g/mol. The molecule has 0 bridgehead atoms. The van der Waals surface area contributed by atoms with E-state index in [0.717, 1.165) is 45.4 Å². The summed E-state index contributed by atoms with van der Waals surface area (Å²) in [5.41, 5.74) is 2.66. The average Bonchev–Trinajstić information content (AvgIpc) is 2.48. The molecule has 2 amide bonds. The summed E-state index contributed by atoms with van der Waals surface area (Å²) in [6.45, 7) is 3.53. The summed E-state index contributed by atoms with van der Waals surface area (Å²) in [4.78, 5) is 14.2. The Morgan fingerprint density at radius 1 is 1.32 bits per heavy atom. The number of hydrogen-bond acceptors (Lipinski definition) is 2. The van der Waals surface area contributed by atoms with Gasteiger partial charge in [0.25, 0.3) is 0 Å². The number of piperidine rings is 1. The van der Waals surface area contributed by atoms with Crippen LogP contribution in [0, 0.1) is 0 Å². The Labute approximate surface area is 114 Å². The van der Waals surface area contributed by atoms with Gasteiger partial charge < -0.3 is 15.5 Å². The van der Waals surface area contributed by atoms with Crippen molar-refractivity contribution in [3.63, 3.8) is 0 Å². The first-order valence-electron chi connectivity index (χ1n) is 7.16. The van der Waals surface area contributed by atoms with Crippen LogP contribution in [-0.2, 0) is 13.0 Å². The van der Waals surface area contributed by atoms with Crippen LogP contribution < -0.4 is 10.6 Å². The molecule has 1 unspecified atom stereocenters. The highest BCUT2D eigenvalue weighted by Crippen LogP contribution is 2.18. The summed E-state index contributed by atoms with van der Waals surface area (Å²) in [5.74, 6) is 0. The third kappa shape index (κ3) is 2.89. The van der Waals surface area contributed by atoms with Crippen molar-refractivity contribution in [2.75, 3.05) is 19.6 Å². The molecular formula is C15H21N3O. The average molecular weight is 259 g/mol. The Bertz CT molecular complexity index is 454. The molecule has 2 heterocycles. The molecule has 1 aromatic carbocycles. The molecule has 2 aliphatic heterocycles. The number of benzene rings is 1. The Hall–Kier alpha value is -1.55. The number of carbonyl (C=O) groups excluding carboxylic acids is 1. The lowest BCUT2D eigenvalue weighted by Crippen LogP contribution is -2.51. The van der Waals surface area contributed by atoms with E-state index in [1.54, 1.807) is 0 Å². The Kier molecular flexibility index (Phi) is 3.69. The lowest BCUT2D eigenvalue weighted by atomic mass is 10.0. The van der Waals surface area contributed by atoms with E-state index >= 15 is 0 Å². The van der Waals surface area contributed by atoms with E-state index in [1.165, 1.54) is 11.1 Å². The minimum absolute atomic E-state index is 0.0863.